The summed E-state index contributed by atoms with van der Waals surface area (Å²) < 4.78 is 5.78. The molecular formula is C19H19ClN2O2S2. The number of amides is 1. The van der Waals surface area contributed by atoms with E-state index in [1.807, 2.05) is 56.5 Å². The van der Waals surface area contributed by atoms with Crippen molar-refractivity contribution in [3.8, 4) is 5.75 Å². The van der Waals surface area contributed by atoms with Gasteiger partial charge in [0.25, 0.3) is 5.91 Å². The SMILES string of the molecule is Cc1cc(OCc2nc(C)c(C(=O)N[C@H](C)c3cccs3)s2)ccc1Cl. The third kappa shape index (κ3) is 4.44. The lowest BCUT2D eigenvalue weighted by Gasteiger charge is -2.11. The normalized spacial score (nSPS) is 12.0. The van der Waals surface area contributed by atoms with Crippen molar-refractivity contribution in [3.63, 3.8) is 0 Å². The number of benzene rings is 1. The van der Waals surface area contributed by atoms with E-state index < -0.39 is 0 Å². The first-order chi connectivity index (χ1) is 12.4. The highest BCUT2D eigenvalue weighted by Crippen LogP contribution is 2.25. The fourth-order valence-electron chi connectivity index (χ4n) is 2.45. The molecule has 7 heteroatoms. The van der Waals surface area contributed by atoms with E-state index in [2.05, 4.69) is 10.3 Å². The largest absolute Gasteiger partial charge is 0.486 e. The molecule has 0 aliphatic rings. The zero-order valence-corrected chi connectivity index (χ0v) is 17.1. The van der Waals surface area contributed by atoms with E-state index in [0.29, 0.717) is 16.5 Å². The summed E-state index contributed by atoms with van der Waals surface area (Å²) in [6, 6.07) is 9.49. The molecule has 2 aromatic heterocycles. The van der Waals surface area contributed by atoms with Gasteiger partial charge in [-0.25, -0.2) is 4.98 Å². The zero-order valence-electron chi connectivity index (χ0n) is 14.7. The number of rotatable bonds is 6. The van der Waals surface area contributed by atoms with Crippen LogP contribution < -0.4 is 10.1 Å². The Morgan fingerprint density at radius 3 is 2.85 bits per heavy atom. The molecule has 0 saturated heterocycles. The van der Waals surface area contributed by atoms with Crippen LogP contribution in [-0.2, 0) is 6.61 Å². The molecule has 0 unspecified atom stereocenters. The highest BCUT2D eigenvalue weighted by Gasteiger charge is 2.18. The van der Waals surface area contributed by atoms with Gasteiger partial charge in [-0.2, -0.15) is 0 Å². The van der Waals surface area contributed by atoms with Crippen LogP contribution in [0.5, 0.6) is 5.75 Å². The minimum absolute atomic E-state index is 0.0271. The van der Waals surface area contributed by atoms with Gasteiger partial charge in [-0.3, -0.25) is 4.79 Å². The van der Waals surface area contributed by atoms with Gasteiger partial charge >= 0.3 is 0 Å². The maximum Gasteiger partial charge on any atom is 0.263 e. The first-order valence-corrected chi connectivity index (χ1v) is 10.2. The van der Waals surface area contributed by atoms with Gasteiger partial charge in [0.15, 0.2) is 0 Å². The number of nitrogens with one attached hydrogen (secondary N) is 1. The molecule has 2 heterocycles. The van der Waals surface area contributed by atoms with Crippen molar-refractivity contribution in [3.05, 3.63) is 66.8 Å². The topological polar surface area (TPSA) is 51.2 Å². The molecule has 1 N–H and O–H groups in total. The molecule has 1 aromatic carbocycles. The molecule has 0 aliphatic heterocycles. The van der Waals surface area contributed by atoms with Gasteiger partial charge in [-0.05, 0) is 56.0 Å². The van der Waals surface area contributed by atoms with Crippen LogP contribution in [0.2, 0.25) is 5.02 Å². The summed E-state index contributed by atoms with van der Waals surface area (Å²) in [6.07, 6.45) is 0. The molecule has 0 aliphatic carbocycles. The molecule has 0 fully saturated rings. The summed E-state index contributed by atoms with van der Waals surface area (Å²) in [5.41, 5.74) is 1.68. The Kier molecular flexibility index (Phi) is 5.96. The lowest BCUT2D eigenvalue weighted by atomic mass is 10.2. The number of aromatic nitrogens is 1. The number of ether oxygens (including phenoxy) is 1. The van der Waals surface area contributed by atoms with Crippen LogP contribution in [0.4, 0.5) is 0 Å². The number of thiazole rings is 1. The van der Waals surface area contributed by atoms with Crippen LogP contribution in [0.1, 0.15) is 43.8 Å². The van der Waals surface area contributed by atoms with Crippen LogP contribution in [0, 0.1) is 13.8 Å². The standard InChI is InChI=1S/C19H19ClN2O2S2/c1-11-9-14(6-7-15(11)20)24-10-17-21-13(3)18(26-17)19(23)22-12(2)16-5-4-8-25-16/h4-9,12H,10H2,1-3H3,(H,22,23)/t12-/m1/s1. The number of aryl methyl sites for hydroxylation is 2. The van der Waals surface area contributed by atoms with Crippen molar-refractivity contribution >= 4 is 40.2 Å². The molecular weight excluding hydrogens is 388 g/mol. The maximum atomic E-state index is 12.5. The highest BCUT2D eigenvalue weighted by atomic mass is 35.5. The summed E-state index contributed by atoms with van der Waals surface area (Å²) in [7, 11) is 0. The molecule has 1 amide bonds. The second-order valence-electron chi connectivity index (χ2n) is 5.93. The third-order valence-corrected chi connectivity index (χ3v) is 6.47. The summed E-state index contributed by atoms with van der Waals surface area (Å²) in [6.45, 7) is 6.07. The maximum absolute atomic E-state index is 12.5. The number of thiophene rings is 1. The van der Waals surface area contributed by atoms with Gasteiger partial charge in [-0.15, -0.1) is 22.7 Å². The van der Waals surface area contributed by atoms with E-state index in [-0.39, 0.29) is 11.9 Å². The van der Waals surface area contributed by atoms with Gasteiger partial charge < -0.3 is 10.1 Å². The first-order valence-electron chi connectivity index (χ1n) is 8.13. The van der Waals surface area contributed by atoms with Crippen LogP contribution >= 0.6 is 34.3 Å². The van der Waals surface area contributed by atoms with Crippen LogP contribution in [0.3, 0.4) is 0 Å². The van der Waals surface area contributed by atoms with E-state index in [1.54, 1.807) is 11.3 Å². The molecule has 3 aromatic rings. The zero-order chi connectivity index (χ0) is 18.7. The van der Waals surface area contributed by atoms with Gasteiger partial charge in [0.1, 0.15) is 22.2 Å². The molecule has 0 bridgehead atoms. The van der Waals surface area contributed by atoms with Crippen molar-refractivity contribution in [1.82, 2.24) is 10.3 Å². The van der Waals surface area contributed by atoms with Crippen molar-refractivity contribution < 1.29 is 9.53 Å². The smallest absolute Gasteiger partial charge is 0.263 e. The Hall–Kier alpha value is -1.89. The van der Waals surface area contributed by atoms with E-state index in [9.17, 15) is 4.79 Å². The molecule has 136 valence electrons. The highest BCUT2D eigenvalue weighted by molar-refractivity contribution is 7.13. The van der Waals surface area contributed by atoms with E-state index in [1.165, 1.54) is 11.3 Å². The van der Waals surface area contributed by atoms with E-state index in [0.717, 1.165) is 26.9 Å². The summed E-state index contributed by atoms with van der Waals surface area (Å²) in [5, 5.41) is 6.51. The molecule has 3 rings (SSSR count). The summed E-state index contributed by atoms with van der Waals surface area (Å²) in [4.78, 5) is 18.8. The number of hydrogen-bond donors (Lipinski definition) is 1. The predicted molar refractivity (Wildman–Crippen MR) is 108 cm³/mol. The number of nitrogens with zero attached hydrogens (tertiary/aromatic N) is 1. The van der Waals surface area contributed by atoms with Gasteiger partial charge in [0, 0.05) is 9.90 Å². The molecule has 4 nitrogen and oxygen atoms in total. The van der Waals surface area contributed by atoms with Crippen molar-refractivity contribution in [2.24, 2.45) is 0 Å². The molecule has 26 heavy (non-hydrogen) atoms. The number of carbonyl (C=O) groups excluding carboxylic acids is 1. The van der Waals surface area contributed by atoms with Crippen molar-refractivity contribution in [1.29, 1.82) is 0 Å². The molecule has 0 saturated carbocycles. The van der Waals surface area contributed by atoms with Gasteiger partial charge in [-0.1, -0.05) is 17.7 Å². The quantitative estimate of drug-likeness (QED) is 0.584. The molecule has 0 spiro atoms. The Labute approximate surface area is 165 Å². The second kappa shape index (κ2) is 8.20. The van der Waals surface area contributed by atoms with Crippen LogP contribution in [0.15, 0.2) is 35.7 Å². The summed E-state index contributed by atoms with van der Waals surface area (Å²) >= 11 is 9.02. The van der Waals surface area contributed by atoms with Crippen molar-refractivity contribution in [2.75, 3.05) is 0 Å². The lowest BCUT2D eigenvalue weighted by molar-refractivity contribution is 0.0944. The minimum Gasteiger partial charge on any atom is -0.486 e. The fraction of sp³-hybridized carbons (Fsp3) is 0.263. The van der Waals surface area contributed by atoms with Crippen LogP contribution in [-0.4, -0.2) is 10.9 Å². The Morgan fingerprint density at radius 1 is 1.35 bits per heavy atom. The van der Waals surface area contributed by atoms with Gasteiger partial charge in [0.2, 0.25) is 0 Å². The first kappa shape index (κ1) is 18.9. The van der Waals surface area contributed by atoms with E-state index in [4.69, 9.17) is 16.3 Å². The molecule has 0 radical (unpaired) electrons. The van der Waals surface area contributed by atoms with Gasteiger partial charge in [0.05, 0.1) is 11.7 Å². The Bertz CT molecular complexity index is 906. The fourth-order valence-corrected chi connectivity index (χ4v) is 4.18. The predicted octanol–water partition coefficient (Wildman–Crippen LogP) is 5.54. The number of halogens is 1. The average Bonchev–Trinajstić information content (AvgIpc) is 3.25. The van der Waals surface area contributed by atoms with E-state index >= 15 is 0 Å². The Balaban J connectivity index is 1.64. The minimum atomic E-state index is -0.102. The monoisotopic (exact) mass is 406 g/mol. The second-order valence-corrected chi connectivity index (χ2v) is 8.40. The summed E-state index contributed by atoms with van der Waals surface area (Å²) in [5.74, 6) is 0.631. The molecule has 1 atom stereocenters. The number of hydrogen-bond acceptors (Lipinski definition) is 5. The van der Waals surface area contributed by atoms with Crippen molar-refractivity contribution in [2.45, 2.75) is 33.4 Å². The Morgan fingerprint density at radius 2 is 2.15 bits per heavy atom. The average molecular weight is 407 g/mol. The number of carbonyl (C=O) groups is 1. The lowest BCUT2D eigenvalue weighted by Crippen LogP contribution is -2.25. The third-order valence-electron chi connectivity index (χ3n) is 3.86. The van der Waals surface area contributed by atoms with Crippen LogP contribution in [0.25, 0.3) is 0 Å².